The van der Waals surface area contributed by atoms with E-state index in [0.29, 0.717) is 0 Å². The Bertz CT molecular complexity index is 1030. The monoisotopic (exact) mass is 421 g/mol. The lowest BCUT2D eigenvalue weighted by atomic mass is 9.79. The van der Waals surface area contributed by atoms with Gasteiger partial charge in [-0.15, -0.1) is 0 Å². The van der Waals surface area contributed by atoms with Gasteiger partial charge in [0, 0.05) is 17.4 Å². The minimum atomic E-state index is -4.90. The summed E-state index contributed by atoms with van der Waals surface area (Å²) in [5.41, 5.74) is 2.07. The van der Waals surface area contributed by atoms with Gasteiger partial charge in [-0.1, -0.05) is 0 Å². The minimum Gasteiger partial charge on any atom is -0.386 e. The van der Waals surface area contributed by atoms with Gasteiger partial charge >= 0.3 is 6.18 Å². The van der Waals surface area contributed by atoms with Gasteiger partial charge in [-0.25, -0.2) is 9.37 Å². The number of nitrogens with zero attached hydrogens (tertiary/aromatic N) is 3. The zero-order valence-corrected chi connectivity index (χ0v) is 15.3. The van der Waals surface area contributed by atoms with E-state index in [4.69, 9.17) is 15.7 Å². The number of alkyl halides is 3. The Kier molecular flexibility index (Phi) is 5.71. The van der Waals surface area contributed by atoms with Gasteiger partial charge in [0.05, 0.1) is 18.7 Å². The zero-order valence-electron chi connectivity index (χ0n) is 15.3. The number of rotatable bonds is 3. The molecule has 0 radical (unpaired) electrons. The van der Waals surface area contributed by atoms with Gasteiger partial charge in [0.1, 0.15) is 35.4 Å². The van der Waals surface area contributed by atoms with Crippen LogP contribution in [0.25, 0.3) is 0 Å². The molecule has 0 aliphatic carbocycles. The summed E-state index contributed by atoms with van der Waals surface area (Å²) in [5, 5.41) is 11.1. The molecule has 1 aromatic carbocycles. The van der Waals surface area contributed by atoms with E-state index >= 15 is 0 Å². The van der Waals surface area contributed by atoms with Crippen LogP contribution >= 0.6 is 0 Å². The number of nitrogens with two attached hydrogens (primary N) is 1. The Balaban J connectivity index is 1.97. The first-order chi connectivity index (χ1) is 14.2. The van der Waals surface area contributed by atoms with E-state index in [1.807, 2.05) is 6.07 Å². The summed E-state index contributed by atoms with van der Waals surface area (Å²) in [6.07, 6.45) is -3.73. The molecule has 30 heavy (non-hydrogen) atoms. The van der Waals surface area contributed by atoms with E-state index in [1.165, 1.54) is 18.3 Å². The fraction of sp³-hybridized carbons (Fsp3) is 0.263. The number of halogens is 4. The lowest BCUT2D eigenvalue weighted by Crippen LogP contribution is -2.49. The summed E-state index contributed by atoms with van der Waals surface area (Å²) in [6.45, 7) is -2.04. The quantitative estimate of drug-likeness (QED) is 0.740. The highest BCUT2D eigenvalue weighted by molar-refractivity contribution is 6.02. The second-order valence-electron chi connectivity index (χ2n) is 6.57. The predicted molar refractivity (Wildman–Crippen MR) is 98.3 cm³/mol. The van der Waals surface area contributed by atoms with E-state index in [2.05, 4.69) is 15.3 Å². The Morgan fingerprint density at radius 3 is 2.70 bits per heavy atom. The fourth-order valence-corrected chi connectivity index (χ4v) is 2.90. The number of amidine groups is 1. The third kappa shape index (κ3) is 4.08. The highest BCUT2D eigenvalue weighted by atomic mass is 19.4. The third-order valence-corrected chi connectivity index (χ3v) is 4.56. The number of pyridine rings is 1. The van der Waals surface area contributed by atoms with Gasteiger partial charge in [0.2, 0.25) is 0 Å². The summed E-state index contributed by atoms with van der Waals surface area (Å²) in [6, 6.07) is 7.33. The number of nitriles is 1. The maximum Gasteiger partial charge on any atom is 0.402 e. The molecule has 0 fully saturated rings. The van der Waals surface area contributed by atoms with E-state index in [9.17, 15) is 22.4 Å². The summed E-state index contributed by atoms with van der Waals surface area (Å²) < 4.78 is 61.6. The Morgan fingerprint density at radius 1 is 1.30 bits per heavy atom. The van der Waals surface area contributed by atoms with Crippen molar-refractivity contribution in [2.24, 2.45) is 10.7 Å². The first kappa shape index (κ1) is 21.2. The Morgan fingerprint density at radius 2 is 2.07 bits per heavy atom. The van der Waals surface area contributed by atoms with Gasteiger partial charge in [-0.2, -0.15) is 18.4 Å². The summed E-state index contributed by atoms with van der Waals surface area (Å²) in [7, 11) is 0. The molecule has 3 N–H and O–H groups in total. The second-order valence-corrected chi connectivity index (χ2v) is 6.57. The summed E-state index contributed by atoms with van der Waals surface area (Å²) in [5.74, 6) is -1.99. The number of nitrogens with one attached hydrogen (secondary N) is 1. The van der Waals surface area contributed by atoms with Gasteiger partial charge in [-0.3, -0.25) is 9.79 Å². The van der Waals surface area contributed by atoms with Crippen LogP contribution in [0.5, 0.6) is 0 Å². The lowest BCUT2D eigenvalue weighted by Gasteiger charge is -2.34. The molecule has 156 valence electrons. The topological polar surface area (TPSA) is 113 Å². The Hall–Kier alpha value is -3.52. The van der Waals surface area contributed by atoms with Crippen LogP contribution < -0.4 is 11.1 Å². The number of aliphatic imine (C=N–C) groups is 1. The number of carbonyl (C=O) groups excluding carboxylic acids is 1. The van der Waals surface area contributed by atoms with Crippen LogP contribution in [-0.4, -0.2) is 42.7 Å². The normalized spacial score (nSPS) is 19.4. The number of hydrogen-bond donors (Lipinski definition) is 2. The Labute approximate surface area is 168 Å². The number of hydrogen-bond acceptors (Lipinski definition) is 6. The molecular formula is C19H15F4N5O2. The summed E-state index contributed by atoms with van der Waals surface area (Å²) in [4.78, 5) is 19.8. The van der Waals surface area contributed by atoms with Crippen LogP contribution in [0.2, 0.25) is 0 Å². The maximum absolute atomic E-state index is 14.5. The largest absolute Gasteiger partial charge is 0.402 e. The molecule has 1 amide bonds. The molecular weight excluding hydrogens is 406 g/mol. The van der Waals surface area contributed by atoms with Gasteiger partial charge in [0.25, 0.3) is 5.91 Å². The standard InChI is InChI=1S/C19H15F4N5O2/c20-14-3-2-12(28-17(29)15-4-1-11(6-24)7-26-15)5-13(14)18(19(21,22)23)9-27-16(25)8-30-10-18/h1-5,7H,8-10H2,(H2,25,27)(H,28,29). The van der Waals surface area contributed by atoms with Gasteiger partial charge < -0.3 is 15.8 Å². The van der Waals surface area contributed by atoms with Crippen LogP contribution in [0.4, 0.5) is 23.2 Å². The molecule has 1 unspecified atom stereocenters. The van der Waals surface area contributed by atoms with Gasteiger partial charge in [0.15, 0.2) is 0 Å². The highest BCUT2D eigenvalue weighted by Gasteiger charge is 2.58. The number of benzene rings is 1. The molecule has 7 nitrogen and oxygen atoms in total. The molecule has 2 aromatic rings. The molecule has 2 heterocycles. The number of anilines is 1. The third-order valence-electron chi connectivity index (χ3n) is 4.56. The molecule has 0 spiro atoms. The maximum atomic E-state index is 14.5. The first-order valence-corrected chi connectivity index (χ1v) is 8.57. The number of amides is 1. The van der Waals surface area contributed by atoms with E-state index in [-0.39, 0.29) is 29.4 Å². The number of aromatic nitrogens is 1. The van der Waals surface area contributed by atoms with Crippen molar-refractivity contribution in [3.8, 4) is 6.07 Å². The van der Waals surface area contributed by atoms with Gasteiger partial charge in [-0.05, 0) is 30.3 Å². The number of carbonyl (C=O) groups is 1. The first-order valence-electron chi connectivity index (χ1n) is 8.57. The van der Waals surface area contributed by atoms with Crippen LogP contribution in [0, 0.1) is 17.1 Å². The second kappa shape index (κ2) is 8.08. The molecule has 11 heteroatoms. The van der Waals surface area contributed by atoms with Crippen molar-refractivity contribution in [2.45, 2.75) is 11.6 Å². The molecule has 0 bridgehead atoms. The van der Waals surface area contributed by atoms with Crippen molar-refractivity contribution >= 4 is 17.4 Å². The summed E-state index contributed by atoms with van der Waals surface area (Å²) >= 11 is 0. The van der Waals surface area contributed by atoms with E-state index in [0.717, 1.165) is 18.2 Å². The highest BCUT2D eigenvalue weighted by Crippen LogP contribution is 2.44. The van der Waals surface area contributed by atoms with Crippen LogP contribution in [0.3, 0.4) is 0 Å². The molecule has 0 saturated heterocycles. The van der Waals surface area contributed by atoms with Crippen molar-refractivity contribution < 1.29 is 27.1 Å². The van der Waals surface area contributed by atoms with Crippen molar-refractivity contribution in [1.29, 1.82) is 5.26 Å². The minimum absolute atomic E-state index is 0.0689. The zero-order chi connectivity index (χ0) is 21.9. The smallest absolute Gasteiger partial charge is 0.386 e. The molecule has 3 rings (SSSR count). The average molecular weight is 421 g/mol. The molecule has 1 aliphatic heterocycles. The number of ether oxygens (including phenoxy) is 1. The van der Waals surface area contributed by atoms with Crippen molar-refractivity contribution in [3.63, 3.8) is 0 Å². The van der Waals surface area contributed by atoms with E-state index in [1.54, 1.807) is 0 Å². The van der Waals surface area contributed by atoms with E-state index < -0.39 is 42.0 Å². The molecule has 0 saturated carbocycles. The van der Waals surface area contributed by atoms with Crippen LogP contribution in [0.15, 0.2) is 41.5 Å². The van der Waals surface area contributed by atoms with Crippen LogP contribution in [0.1, 0.15) is 21.6 Å². The fourth-order valence-electron chi connectivity index (χ4n) is 2.90. The van der Waals surface area contributed by atoms with Crippen molar-refractivity contribution in [3.05, 3.63) is 59.2 Å². The van der Waals surface area contributed by atoms with Crippen molar-refractivity contribution in [1.82, 2.24) is 4.98 Å². The van der Waals surface area contributed by atoms with Crippen molar-refractivity contribution in [2.75, 3.05) is 25.1 Å². The van der Waals surface area contributed by atoms with Crippen LogP contribution in [-0.2, 0) is 10.2 Å². The molecule has 1 aliphatic rings. The SMILES string of the molecule is N#Cc1ccc(C(=O)Nc2ccc(F)c(C3(C(F)(F)F)CN=C(N)COC3)c2)nc1. The predicted octanol–water partition coefficient (Wildman–Crippen LogP) is 2.53. The molecule has 1 aromatic heterocycles. The lowest BCUT2D eigenvalue weighted by molar-refractivity contribution is -0.200. The molecule has 1 atom stereocenters. The average Bonchev–Trinajstić information content (AvgIpc) is 2.91.